The van der Waals surface area contributed by atoms with Crippen molar-refractivity contribution in [3.05, 3.63) is 78.2 Å². The van der Waals surface area contributed by atoms with E-state index in [1.54, 1.807) is 0 Å². The van der Waals surface area contributed by atoms with E-state index in [9.17, 15) is 4.79 Å². The van der Waals surface area contributed by atoms with Crippen LogP contribution in [0.15, 0.2) is 66.9 Å². The Morgan fingerprint density at radius 1 is 0.800 bits per heavy atom. The zero-order chi connectivity index (χ0) is 23.6. The number of hydrogen-bond acceptors (Lipinski definition) is 5. The average molecular weight is 467 g/mol. The quantitative estimate of drug-likeness (QED) is 0.431. The third-order valence-electron chi connectivity index (χ3n) is 7.28. The molecule has 1 aliphatic heterocycles. The summed E-state index contributed by atoms with van der Waals surface area (Å²) in [6, 6.07) is 19.7. The third kappa shape index (κ3) is 4.27. The summed E-state index contributed by atoms with van der Waals surface area (Å²) in [5.74, 6) is 2.38. The normalized spacial score (nSPS) is 17.1. The fourth-order valence-corrected chi connectivity index (χ4v) is 5.34. The first kappa shape index (κ1) is 21.8. The van der Waals surface area contributed by atoms with Crippen LogP contribution >= 0.6 is 0 Å². The Labute approximate surface area is 205 Å². The van der Waals surface area contributed by atoms with Gasteiger partial charge in [0.1, 0.15) is 11.6 Å². The van der Waals surface area contributed by atoms with Crippen molar-refractivity contribution in [2.45, 2.75) is 38.0 Å². The van der Waals surface area contributed by atoms with Crippen molar-refractivity contribution < 1.29 is 4.79 Å². The lowest BCUT2D eigenvalue weighted by atomic mass is 9.88. The summed E-state index contributed by atoms with van der Waals surface area (Å²) in [4.78, 5) is 27.4. The van der Waals surface area contributed by atoms with Gasteiger partial charge in [-0.2, -0.15) is 5.10 Å². The molecule has 0 spiro atoms. The van der Waals surface area contributed by atoms with Crippen molar-refractivity contribution in [2.75, 3.05) is 31.1 Å². The molecule has 6 rings (SSSR count). The molecule has 7 heteroatoms. The van der Waals surface area contributed by atoms with E-state index >= 15 is 0 Å². The molecule has 0 atom stereocenters. The standard InChI is InChI=1S/C28H30N6O/c35-28(22-12-6-2-7-13-22)33-18-16-32(17-19-33)26-24-20-29-34(23-14-8-3-9-15-23)27(24)31-25(30-26)21-10-4-1-5-11-21/h2-3,6-9,12-15,20-21H,1,4-5,10-11,16-19H2. The van der Waals surface area contributed by atoms with Crippen LogP contribution in [0.25, 0.3) is 16.7 Å². The molecule has 2 aromatic heterocycles. The van der Waals surface area contributed by atoms with Gasteiger partial charge in [-0.1, -0.05) is 55.7 Å². The monoisotopic (exact) mass is 466 g/mol. The van der Waals surface area contributed by atoms with Gasteiger partial charge in [-0.05, 0) is 37.1 Å². The first-order chi connectivity index (χ1) is 17.3. The molecule has 4 aromatic rings. The number of fused-ring (bicyclic) bond motifs is 1. The number of para-hydroxylation sites is 1. The van der Waals surface area contributed by atoms with Crippen molar-refractivity contribution in [3.8, 4) is 5.69 Å². The number of carbonyl (C=O) groups is 1. The number of hydrogen-bond donors (Lipinski definition) is 0. The highest BCUT2D eigenvalue weighted by Gasteiger charge is 2.27. The second-order valence-corrected chi connectivity index (χ2v) is 9.51. The predicted molar refractivity (Wildman–Crippen MR) is 137 cm³/mol. The molecular formula is C28H30N6O. The first-order valence-electron chi connectivity index (χ1n) is 12.7. The third-order valence-corrected chi connectivity index (χ3v) is 7.28. The maximum absolute atomic E-state index is 12.9. The van der Waals surface area contributed by atoms with Crippen molar-refractivity contribution in [1.82, 2.24) is 24.6 Å². The molecule has 0 bridgehead atoms. The molecule has 0 radical (unpaired) electrons. The van der Waals surface area contributed by atoms with Gasteiger partial charge in [-0.15, -0.1) is 0 Å². The van der Waals surface area contributed by atoms with E-state index in [4.69, 9.17) is 15.1 Å². The van der Waals surface area contributed by atoms with Crippen LogP contribution in [0.3, 0.4) is 0 Å². The van der Waals surface area contributed by atoms with Gasteiger partial charge in [-0.25, -0.2) is 14.6 Å². The van der Waals surface area contributed by atoms with Gasteiger partial charge in [0.25, 0.3) is 5.91 Å². The number of rotatable bonds is 4. The van der Waals surface area contributed by atoms with Gasteiger partial charge in [-0.3, -0.25) is 4.79 Å². The van der Waals surface area contributed by atoms with Crippen LogP contribution in [-0.4, -0.2) is 56.7 Å². The van der Waals surface area contributed by atoms with Crippen LogP contribution < -0.4 is 4.90 Å². The summed E-state index contributed by atoms with van der Waals surface area (Å²) in [6.45, 7) is 2.83. The lowest BCUT2D eigenvalue weighted by Crippen LogP contribution is -2.49. The average Bonchev–Trinajstić information content (AvgIpc) is 3.38. The minimum Gasteiger partial charge on any atom is -0.352 e. The van der Waals surface area contributed by atoms with Crippen LogP contribution in [0.4, 0.5) is 5.82 Å². The van der Waals surface area contributed by atoms with Crippen molar-refractivity contribution in [3.63, 3.8) is 0 Å². The summed E-state index contributed by atoms with van der Waals surface area (Å²) in [5, 5.41) is 5.68. The van der Waals surface area contributed by atoms with Crippen molar-refractivity contribution in [1.29, 1.82) is 0 Å². The van der Waals surface area contributed by atoms with Crippen LogP contribution in [0.5, 0.6) is 0 Å². The van der Waals surface area contributed by atoms with E-state index in [-0.39, 0.29) is 5.91 Å². The zero-order valence-corrected chi connectivity index (χ0v) is 19.9. The van der Waals surface area contributed by atoms with Gasteiger partial charge in [0, 0.05) is 37.7 Å². The fourth-order valence-electron chi connectivity index (χ4n) is 5.34. The zero-order valence-electron chi connectivity index (χ0n) is 19.9. The number of carbonyl (C=O) groups excluding carboxylic acids is 1. The molecule has 7 nitrogen and oxygen atoms in total. The Morgan fingerprint density at radius 3 is 2.20 bits per heavy atom. The van der Waals surface area contributed by atoms with Crippen molar-refractivity contribution in [2.24, 2.45) is 0 Å². The summed E-state index contributed by atoms with van der Waals surface area (Å²) in [5.41, 5.74) is 2.61. The molecule has 2 fully saturated rings. The second kappa shape index (κ2) is 9.49. The van der Waals surface area contributed by atoms with Gasteiger partial charge < -0.3 is 9.80 Å². The van der Waals surface area contributed by atoms with Gasteiger partial charge in [0.15, 0.2) is 5.65 Å². The van der Waals surface area contributed by atoms with Crippen LogP contribution in [-0.2, 0) is 0 Å². The van der Waals surface area contributed by atoms with Crippen LogP contribution in [0, 0.1) is 0 Å². The number of amides is 1. The summed E-state index contributed by atoms with van der Waals surface area (Å²) in [6.07, 6.45) is 7.95. The SMILES string of the molecule is O=C(c1ccccc1)N1CCN(c2nc(C3CCCCC3)nc3c2cnn3-c2ccccc2)CC1. The van der Waals surface area contributed by atoms with E-state index in [1.165, 1.54) is 19.3 Å². The van der Waals surface area contributed by atoms with E-state index in [2.05, 4.69) is 17.0 Å². The molecule has 178 valence electrons. The summed E-state index contributed by atoms with van der Waals surface area (Å²) < 4.78 is 1.93. The lowest BCUT2D eigenvalue weighted by molar-refractivity contribution is 0.0746. The molecule has 3 heterocycles. The maximum Gasteiger partial charge on any atom is 0.253 e. The summed E-state index contributed by atoms with van der Waals surface area (Å²) in [7, 11) is 0. The molecule has 1 saturated heterocycles. The van der Waals surface area contributed by atoms with Gasteiger partial charge in [0.05, 0.1) is 17.3 Å². The fraction of sp³-hybridized carbons (Fsp3) is 0.357. The highest BCUT2D eigenvalue weighted by molar-refractivity contribution is 5.94. The minimum absolute atomic E-state index is 0.0953. The number of piperazine rings is 1. The van der Waals surface area contributed by atoms with Gasteiger partial charge >= 0.3 is 0 Å². The highest BCUT2D eigenvalue weighted by atomic mass is 16.2. The van der Waals surface area contributed by atoms with E-state index in [1.807, 2.05) is 64.3 Å². The Bertz CT molecular complexity index is 1310. The number of aromatic nitrogens is 4. The first-order valence-corrected chi connectivity index (χ1v) is 12.7. The molecule has 2 aromatic carbocycles. The Kier molecular flexibility index (Phi) is 5.90. The van der Waals surface area contributed by atoms with Gasteiger partial charge in [0.2, 0.25) is 0 Å². The number of anilines is 1. The number of benzene rings is 2. The molecule has 35 heavy (non-hydrogen) atoms. The van der Waals surface area contributed by atoms with E-state index < -0.39 is 0 Å². The lowest BCUT2D eigenvalue weighted by Gasteiger charge is -2.36. The molecule has 2 aliphatic rings. The number of nitrogens with zero attached hydrogens (tertiary/aromatic N) is 6. The minimum atomic E-state index is 0.0953. The molecular weight excluding hydrogens is 436 g/mol. The van der Waals surface area contributed by atoms with Crippen LogP contribution in [0.2, 0.25) is 0 Å². The Morgan fingerprint density at radius 2 is 1.49 bits per heavy atom. The Hall–Kier alpha value is -3.74. The Balaban J connectivity index is 1.33. The van der Waals surface area contributed by atoms with Crippen molar-refractivity contribution >= 4 is 22.8 Å². The predicted octanol–water partition coefficient (Wildman–Crippen LogP) is 4.83. The summed E-state index contributed by atoms with van der Waals surface area (Å²) >= 11 is 0. The molecule has 0 unspecified atom stereocenters. The molecule has 1 saturated carbocycles. The topological polar surface area (TPSA) is 67.2 Å². The van der Waals surface area contributed by atoms with Crippen LogP contribution in [0.1, 0.15) is 54.2 Å². The highest BCUT2D eigenvalue weighted by Crippen LogP contribution is 2.34. The molecule has 1 amide bonds. The smallest absolute Gasteiger partial charge is 0.253 e. The largest absolute Gasteiger partial charge is 0.352 e. The molecule has 0 N–H and O–H groups in total. The molecule has 1 aliphatic carbocycles. The van der Waals surface area contributed by atoms with E-state index in [0.29, 0.717) is 19.0 Å². The maximum atomic E-state index is 12.9. The van der Waals surface area contributed by atoms with E-state index in [0.717, 1.165) is 59.9 Å². The second-order valence-electron chi connectivity index (χ2n) is 9.51.